The number of anilines is 1. The first-order valence-electron chi connectivity index (χ1n) is 10.1. The van der Waals surface area contributed by atoms with E-state index in [9.17, 15) is 4.79 Å². The Morgan fingerprint density at radius 3 is 2.65 bits per heavy atom. The monoisotopic (exact) mass is 359 g/mol. The highest BCUT2D eigenvalue weighted by molar-refractivity contribution is 5.88. The van der Waals surface area contributed by atoms with E-state index in [1.807, 2.05) is 33.0 Å². The minimum absolute atomic E-state index is 0.232. The number of aromatic nitrogens is 1. The van der Waals surface area contributed by atoms with E-state index >= 15 is 0 Å². The maximum Gasteiger partial charge on any atom is 0.416 e. The average Bonchev–Trinajstić information content (AvgIpc) is 3.29. The van der Waals surface area contributed by atoms with Crippen LogP contribution in [0.1, 0.15) is 77.8 Å². The first-order chi connectivity index (χ1) is 12.4. The Balaban J connectivity index is 1.72. The molecule has 2 fully saturated rings. The Kier molecular flexibility index (Phi) is 5.86. The van der Waals surface area contributed by atoms with Crippen molar-refractivity contribution in [2.45, 2.75) is 83.9 Å². The van der Waals surface area contributed by atoms with Crippen LogP contribution in [0.25, 0.3) is 0 Å². The standard InChI is InChI=1S/C21H33N3O2/c1-5-6-13-23-14-7-8-18(23)16-9-12-19(22-15-16)24(17-10-11-17)20(25)26-21(2,3)4/h9,12,15,17-18H,5-8,10-11,13-14H2,1-4H3. The van der Waals surface area contributed by atoms with Gasteiger partial charge in [-0.1, -0.05) is 19.4 Å². The van der Waals surface area contributed by atoms with Gasteiger partial charge in [0, 0.05) is 18.3 Å². The van der Waals surface area contributed by atoms with Gasteiger partial charge in [0.25, 0.3) is 0 Å². The average molecular weight is 360 g/mol. The molecule has 0 aromatic carbocycles. The second-order valence-electron chi connectivity index (χ2n) is 8.58. The molecule has 1 unspecified atom stereocenters. The number of carbonyl (C=O) groups excluding carboxylic acids is 1. The van der Waals surface area contributed by atoms with E-state index in [2.05, 4.69) is 22.9 Å². The van der Waals surface area contributed by atoms with Crippen molar-refractivity contribution in [1.29, 1.82) is 0 Å². The fraction of sp³-hybridized carbons (Fsp3) is 0.714. The van der Waals surface area contributed by atoms with Crippen molar-refractivity contribution in [3.63, 3.8) is 0 Å². The van der Waals surface area contributed by atoms with Crippen LogP contribution >= 0.6 is 0 Å². The van der Waals surface area contributed by atoms with Gasteiger partial charge in [0.2, 0.25) is 0 Å². The van der Waals surface area contributed by atoms with Crippen molar-refractivity contribution in [1.82, 2.24) is 9.88 Å². The topological polar surface area (TPSA) is 45.7 Å². The molecule has 26 heavy (non-hydrogen) atoms. The molecule has 1 aliphatic heterocycles. The Bertz CT molecular complexity index is 605. The maximum absolute atomic E-state index is 12.6. The van der Waals surface area contributed by atoms with Crippen molar-refractivity contribution >= 4 is 11.9 Å². The predicted octanol–water partition coefficient (Wildman–Crippen LogP) is 4.92. The molecule has 1 aliphatic carbocycles. The minimum Gasteiger partial charge on any atom is -0.443 e. The SMILES string of the molecule is CCCCN1CCCC1c1ccc(N(C(=O)OC(C)(C)C)C2CC2)nc1. The highest BCUT2D eigenvalue weighted by Gasteiger charge is 2.37. The lowest BCUT2D eigenvalue weighted by atomic mass is 10.1. The summed E-state index contributed by atoms with van der Waals surface area (Å²) in [6.07, 6.45) is 8.65. The van der Waals surface area contributed by atoms with Gasteiger partial charge < -0.3 is 4.74 Å². The maximum atomic E-state index is 12.6. The lowest BCUT2D eigenvalue weighted by molar-refractivity contribution is 0.0576. The largest absolute Gasteiger partial charge is 0.443 e. The third-order valence-corrected chi connectivity index (χ3v) is 5.07. The van der Waals surface area contributed by atoms with Gasteiger partial charge in [-0.15, -0.1) is 0 Å². The zero-order valence-corrected chi connectivity index (χ0v) is 16.7. The van der Waals surface area contributed by atoms with Crippen LogP contribution in [0.4, 0.5) is 10.6 Å². The Hall–Kier alpha value is -1.62. The van der Waals surface area contributed by atoms with E-state index in [4.69, 9.17) is 4.74 Å². The molecular weight excluding hydrogens is 326 g/mol. The summed E-state index contributed by atoms with van der Waals surface area (Å²) in [7, 11) is 0. The van der Waals surface area contributed by atoms with Crippen LogP contribution in [0.5, 0.6) is 0 Å². The number of pyridine rings is 1. The third kappa shape index (κ3) is 4.76. The van der Waals surface area contributed by atoms with Gasteiger partial charge in [-0.05, 0) is 77.6 Å². The smallest absolute Gasteiger partial charge is 0.416 e. The number of hydrogen-bond donors (Lipinski definition) is 0. The van der Waals surface area contributed by atoms with E-state index in [-0.39, 0.29) is 12.1 Å². The van der Waals surface area contributed by atoms with E-state index in [1.165, 1.54) is 37.8 Å². The summed E-state index contributed by atoms with van der Waals surface area (Å²) < 4.78 is 5.59. The first-order valence-corrected chi connectivity index (χ1v) is 10.1. The molecule has 2 aliphatic rings. The molecule has 5 heteroatoms. The fourth-order valence-electron chi connectivity index (χ4n) is 3.64. The van der Waals surface area contributed by atoms with E-state index in [0.717, 1.165) is 19.4 Å². The second kappa shape index (κ2) is 7.95. The Morgan fingerprint density at radius 1 is 1.31 bits per heavy atom. The molecule has 1 aromatic rings. The highest BCUT2D eigenvalue weighted by Crippen LogP contribution is 2.35. The Labute approximate surface area is 157 Å². The van der Waals surface area contributed by atoms with Gasteiger partial charge in [-0.2, -0.15) is 0 Å². The molecule has 144 valence electrons. The van der Waals surface area contributed by atoms with Crippen LogP contribution < -0.4 is 4.90 Å². The molecule has 0 bridgehead atoms. The van der Waals surface area contributed by atoms with Gasteiger partial charge in [-0.3, -0.25) is 9.80 Å². The molecule has 5 nitrogen and oxygen atoms in total. The number of likely N-dealkylation sites (tertiary alicyclic amines) is 1. The van der Waals surface area contributed by atoms with E-state index < -0.39 is 5.60 Å². The number of hydrogen-bond acceptors (Lipinski definition) is 4. The molecule has 1 atom stereocenters. The Morgan fingerprint density at radius 2 is 2.08 bits per heavy atom. The lowest BCUT2D eigenvalue weighted by Gasteiger charge is -2.27. The normalized spacial score (nSPS) is 21.0. The lowest BCUT2D eigenvalue weighted by Crippen LogP contribution is -2.38. The quantitative estimate of drug-likeness (QED) is 0.723. The second-order valence-corrected chi connectivity index (χ2v) is 8.58. The summed E-state index contributed by atoms with van der Waals surface area (Å²) in [6.45, 7) is 10.3. The summed E-state index contributed by atoms with van der Waals surface area (Å²) in [4.78, 5) is 21.6. The molecule has 2 heterocycles. The van der Waals surface area contributed by atoms with Gasteiger partial charge in [0.1, 0.15) is 11.4 Å². The zero-order valence-electron chi connectivity index (χ0n) is 16.7. The minimum atomic E-state index is -0.492. The van der Waals surface area contributed by atoms with Crippen LogP contribution in [-0.4, -0.2) is 40.7 Å². The van der Waals surface area contributed by atoms with Crippen molar-refractivity contribution in [3.05, 3.63) is 23.9 Å². The summed E-state index contributed by atoms with van der Waals surface area (Å²) in [5.74, 6) is 0.712. The van der Waals surface area contributed by atoms with Crippen LogP contribution in [-0.2, 0) is 4.74 Å². The van der Waals surface area contributed by atoms with E-state index in [0.29, 0.717) is 11.9 Å². The number of ether oxygens (including phenoxy) is 1. The molecule has 0 spiro atoms. The summed E-state index contributed by atoms with van der Waals surface area (Å²) in [6, 6.07) is 4.85. The zero-order chi connectivity index (χ0) is 18.7. The van der Waals surface area contributed by atoms with Gasteiger partial charge in [0.05, 0.1) is 0 Å². The number of rotatable bonds is 6. The van der Waals surface area contributed by atoms with Gasteiger partial charge >= 0.3 is 6.09 Å². The molecule has 1 aromatic heterocycles. The first kappa shape index (κ1) is 19.2. The molecule has 3 rings (SSSR count). The molecule has 0 radical (unpaired) electrons. The highest BCUT2D eigenvalue weighted by atomic mass is 16.6. The van der Waals surface area contributed by atoms with Gasteiger partial charge in [0.15, 0.2) is 0 Å². The fourth-order valence-corrected chi connectivity index (χ4v) is 3.64. The van der Waals surface area contributed by atoms with E-state index in [1.54, 1.807) is 4.90 Å². The number of carbonyl (C=O) groups is 1. The summed E-state index contributed by atoms with van der Waals surface area (Å²) in [5.41, 5.74) is 0.774. The molecular formula is C21H33N3O2. The third-order valence-electron chi connectivity index (χ3n) is 5.07. The van der Waals surface area contributed by atoms with Crippen molar-refractivity contribution < 1.29 is 9.53 Å². The van der Waals surface area contributed by atoms with Crippen molar-refractivity contribution in [2.24, 2.45) is 0 Å². The summed E-state index contributed by atoms with van der Waals surface area (Å²) >= 11 is 0. The van der Waals surface area contributed by atoms with Crippen molar-refractivity contribution in [3.8, 4) is 0 Å². The number of nitrogens with zero attached hydrogens (tertiary/aromatic N) is 3. The molecule has 1 saturated carbocycles. The van der Waals surface area contributed by atoms with Crippen molar-refractivity contribution in [2.75, 3.05) is 18.0 Å². The van der Waals surface area contributed by atoms with Crippen LogP contribution in [0.2, 0.25) is 0 Å². The van der Waals surface area contributed by atoms with Gasteiger partial charge in [-0.25, -0.2) is 9.78 Å². The van der Waals surface area contributed by atoms with Crippen LogP contribution in [0.15, 0.2) is 18.3 Å². The number of unbranched alkanes of at least 4 members (excludes halogenated alkanes) is 1. The predicted molar refractivity (Wildman–Crippen MR) is 104 cm³/mol. The van der Waals surface area contributed by atoms with Crippen LogP contribution in [0.3, 0.4) is 0 Å². The molecule has 0 N–H and O–H groups in total. The number of amides is 1. The summed E-state index contributed by atoms with van der Waals surface area (Å²) in [5, 5.41) is 0. The molecule has 1 saturated heterocycles. The van der Waals surface area contributed by atoms with Crippen LogP contribution in [0, 0.1) is 0 Å². The molecule has 1 amide bonds.